The molecule has 0 aliphatic carbocycles. The van der Waals surface area contributed by atoms with Gasteiger partial charge in [-0.1, -0.05) is 19.9 Å². The van der Waals surface area contributed by atoms with Crippen molar-refractivity contribution in [3.05, 3.63) is 23.8 Å². The average molecular weight is 251 g/mol. The minimum absolute atomic E-state index is 0.273. The molecule has 1 aromatic rings. The van der Waals surface area contributed by atoms with Gasteiger partial charge in [0.05, 0.1) is 5.69 Å². The summed E-state index contributed by atoms with van der Waals surface area (Å²) in [5, 5.41) is 9.07. The zero-order chi connectivity index (χ0) is 12.4. The van der Waals surface area contributed by atoms with Crippen molar-refractivity contribution in [3.8, 4) is 0 Å². The van der Waals surface area contributed by atoms with E-state index in [9.17, 15) is 0 Å². The van der Waals surface area contributed by atoms with Crippen LogP contribution in [0.4, 0.5) is 5.69 Å². The number of rotatable bonds is 3. The van der Waals surface area contributed by atoms with Gasteiger partial charge in [-0.25, -0.2) is 0 Å². The number of thioether (sulfide) groups is 1. The summed E-state index contributed by atoms with van der Waals surface area (Å²) < 4.78 is 0. The Bertz CT molecular complexity index is 392. The van der Waals surface area contributed by atoms with Crippen LogP contribution in [0.1, 0.15) is 31.7 Å². The highest BCUT2D eigenvalue weighted by molar-refractivity contribution is 7.99. The molecule has 0 radical (unpaired) electrons. The number of benzene rings is 1. The molecule has 1 aliphatic heterocycles. The van der Waals surface area contributed by atoms with Gasteiger partial charge in [0.2, 0.25) is 0 Å². The standard InChI is InChI=1S/C14H21NOS/c1-10(2)11-4-5-13-14(8-11)17-9-12(6-7-16)15(13)3/h4-5,8,10,12,16H,6-7,9H2,1-3H3. The van der Waals surface area contributed by atoms with Gasteiger partial charge < -0.3 is 10.0 Å². The van der Waals surface area contributed by atoms with Crippen molar-refractivity contribution in [2.45, 2.75) is 37.1 Å². The van der Waals surface area contributed by atoms with Crippen molar-refractivity contribution in [1.82, 2.24) is 0 Å². The molecule has 1 aromatic carbocycles. The summed E-state index contributed by atoms with van der Waals surface area (Å²) in [4.78, 5) is 3.69. The quantitative estimate of drug-likeness (QED) is 0.893. The van der Waals surface area contributed by atoms with Crippen LogP contribution in [-0.4, -0.2) is 30.6 Å². The number of aliphatic hydroxyl groups is 1. The SMILES string of the molecule is CC(C)c1ccc2c(c1)SCC(CCO)N2C. The summed E-state index contributed by atoms with van der Waals surface area (Å²) in [5.74, 6) is 1.66. The van der Waals surface area contributed by atoms with Gasteiger partial charge in [-0.2, -0.15) is 0 Å². The van der Waals surface area contributed by atoms with Crippen LogP contribution < -0.4 is 4.90 Å². The maximum absolute atomic E-state index is 9.07. The maximum Gasteiger partial charge on any atom is 0.0504 e. The van der Waals surface area contributed by atoms with Crippen molar-refractivity contribution < 1.29 is 5.11 Å². The predicted molar refractivity (Wildman–Crippen MR) is 75.1 cm³/mol. The number of hydrogen-bond donors (Lipinski definition) is 1. The molecule has 1 aliphatic rings. The Labute approximate surface area is 108 Å². The third kappa shape index (κ3) is 2.61. The molecule has 0 saturated carbocycles. The van der Waals surface area contributed by atoms with E-state index in [1.807, 2.05) is 11.8 Å². The Balaban J connectivity index is 2.26. The second-order valence-electron chi connectivity index (χ2n) is 4.97. The summed E-state index contributed by atoms with van der Waals surface area (Å²) in [5.41, 5.74) is 2.72. The third-order valence-electron chi connectivity index (χ3n) is 3.47. The van der Waals surface area contributed by atoms with E-state index < -0.39 is 0 Å². The number of hydrogen-bond acceptors (Lipinski definition) is 3. The molecule has 1 atom stereocenters. The van der Waals surface area contributed by atoms with Crippen LogP contribution in [0, 0.1) is 0 Å². The van der Waals surface area contributed by atoms with Crippen LogP contribution in [0.3, 0.4) is 0 Å². The molecule has 94 valence electrons. The smallest absolute Gasteiger partial charge is 0.0504 e. The first-order valence-electron chi connectivity index (χ1n) is 6.24. The normalized spacial score (nSPS) is 19.6. The van der Waals surface area contributed by atoms with E-state index in [0.29, 0.717) is 12.0 Å². The minimum atomic E-state index is 0.273. The summed E-state index contributed by atoms with van der Waals surface area (Å²) in [6, 6.07) is 7.22. The molecule has 0 aromatic heterocycles. The zero-order valence-corrected chi connectivity index (χ0v) is 11.6. The van der Waals surface area contributed by atoms with Gasteiger partial charge in [0.25, 0.3) is 0 Å². The molecule has 0 saturated heterocycles. The molecular weight excluding hydrogens is 230 g/mol. The van der Waals surface area contributed by atoms with Gasteiger partial charge in [-0.15, -0.1) is 11.8 Å². The summed E-state index contributed by atoms with van der Waals surface area (Å²) in [7, 11) is 2.13. The highest BCUT2D eigenvalue weighted by atomic mass is 32.2. The second-order valence-corrected chi connectivity index (χ2v) is 6.03. The van der Waals surface area contributed by atoms with E-state index in [-0.39, 0.29) is 6.61 Å². The Morgan fingerprint density at radius 1 is 1.47 bits per heavy atom. The van der Waals surface area contributed by atoms with E-state index in [1.54, 1.807) is 0 Å². The van der Waals surface area contributed by atoms with E-state index in [1.165, 1.54) is 16.1 Å². The van der Waals surface area contributed by atoms with Crippen LogP contribution in [0.25, 0.3) is 0 Å². The van der Waals surface area contributed by atoms with Gasteiger partial charge in [-0.05, 0) is 30.0 Å². The zero-order valence-electron chi connectivity index (χ0n) is 10.8. The summed E-state index contributed by atoms with van der Waals surface area (Å²) >= 11 is 1.92. The van der Waals surface area contributed by atoms with Gasteiger partial charge in [0, 0.05) is 30.3 Å². The van der Waals surface area contributed by atoms with E-state index in [2.05, 4.69) is 44.0 Å². The highest BCUT2D eigenvalue weighted by Crippen LogP contribution is 2.38. The van der Waals surface area contributed by atoms with Crippen LogP contribution in [-0.2, 0) is 0 Å². The Morgan fingerprint density at radius 3 is 2.88 bits per heavy atom. The molecule has 0 spiro atoms. The molecule has 0 amide bonds. The first kappa shape index (κ1) is 12.8. The largest absolute Gasteiger partial charge is 0.396 e. The summed E-state index contributed by atoms with van der Waals surface area (Å²) in [6.45, 7) is 4.73. The van der Waals surface area contributed by atoms with Gasteiger partial charge >= 0.3 is 0 Å². The van der Waals surface area contributed by atoms with Gasteiger partial charge in [0.15, 0.2) is 0 Å². The topological polar surface area (TPSA) is 23.5 Å². The minimum Gasteiger partial charge on any atom is -0.396 e. The fraction of sp³-hybridized carbons (Fsp3) is 0.571. The first-order chi connectivity index (χ1) is 8.13. The lowest BCUT2D eigenvalue weighted by atomic mass is 10.0. The third-order valence-corrected chi connectivity index (χ3v) is 4.66. The monoisotopic (exact) mass is 251 g/mol. The molecule has 3 heteroatoms. The fourth-order valence-electron chi connectivity index (χ4n) is 2.22. The highest BCUT2D eigenvalue weighted by Gasteiger charge is 2.23. The molecule has 2 rings (SSSR count). The molecule has 17 heavy (non-hydrogen) atoms. The van der Waals surface area contributed by atoms with E-state index >= 15 is 0 Å². The second kappa shape index (κ2) is 5.32. The number of aliphatic hydroxyl groups excluding tert-OH is 1. The molecule has 1 N–H and O–H groups in total. The molecular formula is C14H21NOS. The lowest BCUT2D eigenvalue weighted by molar-refractivity contribution is 0.278. The average Bonchev–Trinajstić information content (AvgIpc) is 2.32. The van der Waals surface area contributed by atoms with E-state index in [4.69, 9.17) is 5.11 Å². The fourth-order valence-corrected chi connectivity index (χ4v) is 3.56. The van der Waals surface area contributed by atoms with Crippen LogP contribution >= 0.6 is 11.8 Å². The van der Waals surface area contributed by atoms with Crippen molar-refractivity contribution >= 4 is 17.4 Å². The van der Waals surface area contributed by atoms with Gasteiger partial charge in [0.1, 0.15) is 0 Å². The Hall–Kier alpha value is -0.670. The van der Waals surface area contributed by atoms with Crippen LogP contribution in [0.15, 0.2) is 23.1 Å². The molecule has 0 fully saturated rings. The lowest BCUT2D eigenvalue weighted by Gasteiger charge is -2.35. The maximum atomic E-state index is 9.07. The van der Waals surface area contributed by atoms with Crippen molar-refractivity contribution in [3.63, 3.8) is 0 Å². The van der Waals surface area contributed by atoms with E-state index in [0.717, 1.165) is 12.2 Å². The van der Waals surface area contributed by atoms with Crippen LogP contribution in [0.5, 0.6) is 0 Å². The number of anilines is 1. The predicted octanol–water partition coefficient (Wildman–Crippen LogP) is 3.10. The first-order valence-corrected chi connectivity index (χ1v) is 7.22. The van der Waals surface area contributed by atoms with Crippen molar-refractivity contribution in [2.24, 2.45) is 0 Å². The van der Waals surface area contributed by atoms with Crippen molar-refractivity contribution in [2.75, 3.05) is 24.3 Å². The lowest BCUT2D eigenvalue weighted by Crippen LogP contribution is -2.37. The molecule has 2 nitrogen and oxygen atoms in total. The summed E-state index contributed by atoms with van der Waals surface area (Å²) in [6.07, 6.45) is 0.856. The Morgan fingerprint density at radius 2 is 2.24 bits per heavy atom. The molecule has 0 bridgehead atoms. The molecule has 1 heterocycles. The van der Waals surface area contributed by atoms with Gasteiger partial charge in [-0.3, -0.25) is 0 Å². The van der Waals surface area contributed by atoms with Crippen molar-refractivity contribution in [1.29, 1.82) is 0 Å². The molecule has 1 unspecified atom stereocenters. The number of fused-ring (bicyclic) bond motifs is 1. The van der Waals surface area contributed by atoms with Crippen LogP contribution in [0.2, 0.25) is 0 Å². The number of nitrogens with zero attached hydrogens (tertiary/aromatic N) is 1. The Kier molecular flexibility index (Phi) is 4.00.